The van der Waals surface area contributed by atoms with Crippen molar-refractivity contribution in [1.29, 1.82) is 0 Å². The van der Waals surface area contributed by atoms with Crippen LogP contribution in [0.15, 0.2) is 63.9 Å². The lowest BCUT2D eigenvalue weighted by Gasteiger charge is -2.19. The quantitative estimate of drug-likeness (QED) is 0.460. The zero-order valence-electron chi connectivity index (χ0n) is 19.6. The molecule has 11 heteroatoms. The molecule has 184 valence electrons. The molecule has 0 spiro atoms. The van der Waals surface area contributed by atoms with Gasteiger partial charge in [-0.2, -0.15) is 4.31 Å². The summed E-state index contributed by atoms with van der Waals surface area (Å²) in [6.07, 6.45) is 0. The summed E-state index contributed by atoms with van der Waals surface area (Å²) in [6.45, 7) is 5.21. The first-order valence-corrected chi connectivity index (χ1v) is 12.6. The van der Waals surface area contributed by atoms with Gasteiger partial charge in [0.15, 0.2) is 5.54 Å². The van der Waals surface area contributed by atoms with E-state index in [4.69, 9.17) is 4.42 Å². The molecule has 0 radical (unpaired) electrons. The molecule has 1 aliphatic rings. The second-order valence-electron chi connectivity index (χ2n) is 8.26. The highest BCUT2D eigenvalue weighted by Gasteiger charge is 2.51. The van der Waals surface area contributed by atoms with E-state index in [2.05, 4.69) is 10.6 Å². The Labute approximate surface area is 202 Å². The number of anilines is 1. The molecule has 35 heavy (non-hydrogen) atoms. The van der Waals surface area contributed by atoms with Gasteiger partial charge in [0, 0.05) is 24.2 Å². The lowest BCUT2D eigenvalue weighted by molar-refractivity contribution is -0.134. The Balaban J connectivity index is 1.45. The van der Waals surface area contributed by atoms with E-state index in [0.717, 1.165) is 10.3 Å². The molecule has 10 nitrogen and oxygen atoms in total. The van der Waals surface area contributed by atoms with Crippen molar-refractivity contribution in [2.75, 3.05) is 25.0 Å². The summed E-state index contributed by atoms with van der Waals surface area (Å²) in [5.41, 5.74) is -0.536. The summed E-state index contributed by atoms with van der Waals surface area (Å²) >= 11 is 0. The molecule has 0 bridgehead atoms. The molecule has 1 aromatic heterocycles. The van der Waals surface area contributed by atoms with Crippen LogP contribution in [0.2, 0.25) is 0 Å². The van der Waals surface area contributed by atoms with Crippen LogP contribution in [0.3, 0.4) is 0 Å². The summed E-state index contributed by atoms with van der Waals surface area (Å²) in [5, 5.41) is 5.99. The van der Waals surface area contributed by atoms with E-state index in [-0.39, 0.29) is 10.7 Å². The largest absolute Gasteiger partial charge is 0.458 e. The number of carbonyl (C=O) groups is 3. The van der Waals surface area contributed by atoms with Crippen molar-refractivity contribution in [1.82, 2.24) is 14.5 Å². The van der Waals surface area contributed by atoms with Gasteiger partial charge in [0.1, 0.15) is 17.9 Å². The van der Waals surface area contributed by atoms with Crippen LogP contribution in [0.4, 0.5) is 10.5 Å². The standard InChI is InChI=1S/C24H26N4O6S/c1-4-27(5-2)35(32,33)18-12-10-17(11-13-18)25-21(29)15-28-22(30)24(3,26-23(28)31)20-14-16-8-6-7-9-19(16)34-20/h6-14H,4-5,15H2,1-3H3,(H,25,29)(H,26,31)/t24-/m1/s1. The lowest BCUT2D eigenvalue weighted by atomic mass is 9.99. The molecular weight excluding hydrogens is 472 g/mol. The molecule has 1 atom stereocenters. The first-order chi connectivity index (χ1) is 16.6. The van der Waals surface area contributed by atoms with E-state index in [9.17, 15) is 22.8 Å². The maximum Gasteiger partial charge on any atom is 0.325 e. The van der Waals surface area contributed by atoms with Crippen molar-refractivity contribution in [3.63, 3.8) is 0 Å². The third-order valence-corrected chi connectivity index (χ3v) is 8.04. The van der Waals surface area contributed by atoms with Crippen molar-refractivity contribution >= 4 is 44.5 Å². The van der Waals surface area contributed by atoms with Gasteiger partial charge in [-0.25, -0.2) is 13.2 Å². The number of carbonyl (C=O) groups excluding carboxylic acids is 3. The Morgan fingerprint density at radius 3 is 2.37 bits per heavy atom. The van der Waals surface area contributed by atoms with E-state index in [1.807, 2.05) is 12.1 Å². The molecule has 3 aromatic rings. The molecule has 1 saturated heterocycles. The fourth-order valence-electron chi connectivity index (χ4n) is 4.00. The van der Waals surface area contributed by atoms with Gasteiger partial charge in [0.2, 0.25) is 15.9 Å². The third-order valence-electron chi connectivity index (χ3n) is 5.98. The minimum Gasteiger partial charge on any atom is -0.458 e. The number of benzene rings is 2. The highest BCUT2D eigenvalue weighted by molar-refractivity contribution is 7.89. The van der Waals surface area contributed by atoms with Crippen LogP contribution in [-0.4, -0.2) is 55.1 Å². The molecular formula is C24H26N4O6S. The van der Waals surface area contributed by atoms with Crippen LogP contribution >= 0.6 is 0 Å². The summed E-state index contributed by atoms with van der Waals surface area (Å²) in [4.78, 5) is 39.2. The number of para-hydroxylation sites is 1. The van der Waals surface area contributed by atoms with E-state index in [0.29, 0.717) is 24.4 Å². The number of sulfonamides is 1. The Morgan fingerprint density at radius 1 is 1.09 bits per heavy atom. The number of hydrogen-bond donors (Lipinski definition) is 2. The van der Waals surface area contributed by atoms with E-state index < -0.39 is 40.0 Å². The molecule has 2 heterocycles. The summed E-state index contributed by atoms with van der Waals surface area (Å²) in [5.74, 6) is -0.955. The summed E-state index contributed by atoms with van der Waals surface area (Å²) in [6, 6.07) is 13.9. The molecule has 2 N–H and O–H groups in total. The number of imide groups is 1. The zero-order chi connectivity index (χ0) is 25.4. The number of nitrogens with zero attached hydrogens (tertiary/aromatic N) is 2. The number of hydrogen-bond acceptors (Lipinski definition) is 6. The summed E-state index contributed by atoms with van der Waals surface area (Å²) in [7, 11) is -3.62. The molecule has 4 rings (SSSR count). The number of rotatable bonds is 8. The van der Waals surface area contributed by atoms with Gasteiger partial charge in [-0.15, -0.1) is 0 Å². The van der Waals surface area contributed by atoms with E-state index >= 15 is 0 Å². The van der Waals surface area contributed by atoms with Crippen LogP contribution in [0.1, 0.15) is 26.5 Å². The molecule has 4 amide bonds. The van der Waals surface area contributed by atoms with Gasteiger partial charge in [-0.05, 0) is 43.3 Å². The minimum absolute atomic E-state index is 0.106. The first-order valence-electron chi connectivity index (χ1n) is 11.1. The fraction of sp³-hybridized carbons (Fsp3) is 0.292. The molecule has 2 aromatic carbocycles. The lowest BCUT2D eigenvalue weighted by Crippen LogP contribution is -2.41. The van der Waals surface area contributed by atoms with Gasteiger partial charge in [-0.3, -0.25) is 14.5 Å². The van der Waals surface area contributed by atoms with Gasteiger partial charge < -0.3 is 15.1 Å². The van der Waals surface area contributed by atoms with Crippen molar-refractivity contribution in [2.24, 2.45) is 0 Å². The van der Waals surface area contributed by atoms with Crippen LogP contribution in [0.5, 0.6) is 0 Å². The molecule has 1 aliphatic heterocycles. The predicted molar refractivity (Wildman–Crippen MR) is 129 cm³/mol. The smallest absolute Gasteiger partial charge is 0.325 e. The Kier molecular flexibility index (Phi) is 6.39. The Morgan fingerprint density at radius 2 is 1.74 bits per heavy atom. The number of urea groups is 1. The average molecular weight is 499 g/mol. The Hall–Kier alpha value is -3.70. The predicted octanol–water partition coefficient (Wildman–Crippen LogP) is 2.87. The minimum atomic E-state index is -3.62. The molecule has 1 fully saturated rings. The number of furan rings is 1. The maximum absolute atomic E-state index is 13.1. The van der Waals surface area contributed by atoms with Crippen molar-refractivity contribution in [3.05, 3.63) is 60.4 Å². The third kappa shape index (κ3) is 4.40. The van der Waals surface area contributed by atoms with Crippen LogP contribution in [0, 0.1) is 0 Å². The molecule has 0 saturated carbocycles. The van der Waals surface area contributed by atoms with Crippen LogP contribution in [0.25, 0.3) is 11.0 Å². The Bertz CT molecular complexity index is 1360. The van der Waals surface area contributed by atoms with Gasteiger partial charge in [-0.1, -0.05) is 32.0 Å². The van der Waals surface area contributed by atoms with E-state index in [1.54, 1.807) is 32.0 Å². The SMILES string of the molecule is CCN(CC)S(=O)(=O)c1ccc(NC(=O)CN2C(=O)N[C@](C)(c3cc4ccccc4o3)C2=O)cc1. The maximum atomic E-state index is 13.1. The van der Waals surface area contributed by atoms with Crippen molar-refractivity contribution in [3.8, 4) is 0 Å². The second-order valence-corrected chi connectivity index (χ2v) is 10.2. The summed E-state index contributed by atoms with van der Waals surface area (Å²) < 4.78 is 32.3. The van der Waals surface area contributed by atoms with Crippen LogP contribution < -0.4 is 10.6 Å². The fourth-order valence-corrected chi connectivity index (χ4v) is 5.46. The van der Waals surface area contributed by atoms with Gasteiger partial charge in [0.25, 0.3) is 5.91 Å². The van der Waals surface area contributed by atoms with Crippen molar-refractivity contribution in [2.45, 2.75) is 31.2 Å². The first kappa shape index (κ1) is 24.4. The highest BCUT2D eigenvalue weighted by Crippen LogP contribution is 2.33. The number of amides is 4. The normalized spacial score (nSPS) is 18.3. The number of nitrogens with one attached hydrogen (secondary N) is 2. The molecule has 0 unspecified atom stereocenters. The number of fused-ring (bicyclic) bond motifs is 1. The second kappa shape index (κ2) is 9.16. The van der Waals surface area contributed by atoms with Crippen molar-refractivity contribution < 1.29 is 27.2 Å². The average Bonchev–Trinajstić information content (AvgIpc) is 3.36. The van der Waals surface area contributed by atoms with Crippen LogP contribution in [-0.2, 0) is 25.2 Å². The highest BCUT2D eigenvalue weighted by atomic mass is 32.2. The molecule has 0 aliphatic carbocycles. The van der Waals surface area contributed by atoms with E-state index in [1.165, 1.54) is 35.5 Å². The monoisotopic (exact) mass is 498 g/mol. The zero-order valence-corrected chi connectivity index (χ0v) is 20.4. The van der Waals surface area contributed by atoms with Gasteiger partial charge in [0.05, 0.1) is 4.90 Å². The topological polar surface area (TPSA) is 129 Å². The van der Waals surface area contributed by atoms with Gasteiger partial charge >= 0.3 is 6.03 Å².